The molecule has 180 valence electrons. The van der Waals surface area contributed by atoms with Gasteiger partial charge in [-0.05, 0) is 30.7 Å². The highest BCUT2D eigenvalue weighted by Gasteiger charge is 2.46. The predicted molar refractivity (Wildman–Crippen MR) is 140 cm³/mol. The number of fused-ring (bicyclic) bond motifs is 1. The number of amides is 3. The molecule has 0 saturated carbocycles. The van der Waals surface area contributed by atoms with E-state index in [0.717, 1.165) is 11.8 Å². The van der Waals surface area contributed by atoms with Crippen LogP contribution in [0.5, 0.6) is 0 Å². The van der Waals surface area contributed by atoms with Gasteiger partial charge in [0.25, 0.3) is 11.8 Å². The predicted octanol–water partition coefficient (Wildman–Crippen LogP) is 3.08. The van der Waals surface area contributed by atoms with Crippen molar-refractivity contribution in [1.82, 2.24) is 4.90 Å². The molecule has 3 heterocycles. The Morgan fingerprint density at radius 2 is 1.91 bits per heavy atom. The molecule has 3 aliphatic rings. The molecular weight excluding hydrogens is 530 g/mol. The minimum Gasteiger partial charge on any atom is -0.324 e. The van der Waals surface area contributed by atoms with Gasteiger partial charge in [0.05, 0.1) is 33.7 Å². The van der Waals surface area contributed by atoms with Crippen LogP contribution in [0.3, 0.4) is 0 Å². The van der Waals surface area contributed by atoms with E-state index in [9.17, 15) is 22.8 Å². The van der Waals surface area contributed by atoms with Crippen LogP contribution < -0.4 is 10.2 Å². The number of nitrogens with one attached hydrogen (secondary N) is 1. The quantitative estimate of drug-likeness (QED) is 0.463. The normalized spacial score (nSPS) is 23.2. The van der Waals surface area contributed by atoms with Crippen LogP contribution in [0.1, 0.15) is 12.0 Å². The summed E-state index contributed by atoms with van der Waals surface area (Å²) in [5, 5.41) is 3.18. The van der Waals surface area contributed by atoms with Gasteiger partial charge in [0.15, 0.2) is 9.84 Å². The maximum atomic E-state index is 13.5. The van der Waals surface area contributed by atoms with Crippen LogP contribution >= 0.6 is 35.6 Å². The summed E-state index contributed by atoms with van der Waals surface area (Å²) in [4.78, 5) is 42.4. The third kappa shape index (κ3) is 4.49. The van der Waals surface area contributed by atoms with Gasteiger partial charge in [-0.2, -0.15) is 0 Å². The van der Waals surface area contributed by atoms with Crippen molar-refractivity contribution in [1.29, 1.82) is 0 Å². The van der Waals surface area contributed by atoms with Crippen LogP contribution in [0, 0.1) is 0 Å². The van der Waals surface area contributed by atoms with Crippen molar-refractivity contribution >= 4 is 84.4 Å². The van der Waals surface area contributed by atoms with Gasteiger partial charge >= 0.3 is 0 Å². The third-order valence-corrected chi connectivity index (χ3v) is 9.32. The molecule has 12 heteroatoms. The summed E-state index contributed by atoms with van der Waals surface area (Å²) in [6.45, 7) is -0.271. The molecule has 8 nitrogen and oxygen atoms in total. The highest BCUT2D eigenvalue weighted by molar-refractivity contribution is 8.26. The molecule has 1 N–H and O–H groups in total. The second-order valence-corrected chi connectivity index (χ2v) is 12.6. The van der Waals surface area contributed by atoms with Crippen LogP contribution in [-0.2, 0) is 24.2 Å². The maximum absolute atomic E-state index is 13.5. The zero-order valence-electron chi connectivity index (χ0n) is 18.1. The molecule has 3 aliphatic heterocycles. The standard InChI is InChI=1S/C23H18ClN3O5S3/c24-13-4-3-5-14(10-13)25-18(28)11-26-17-7-2-1-6-16(17)19(21(26)29)20-22(30)27(23(33)34-20)15-8-9-35(31,32)12-15/h1-7,10,15H,8-9,11-12H2,(H,25,28)/b20-19+/t15-/m0/s1. The molecule has 2 aromatic carbocycles. The number of para-hydroxylation sites is 1. The van der Waals surface area contributed by atoms with Gasteiger partial charge in [-0.3, -0.25) is 24.2 Å². The van der Waals surface area contributed by atoms with E-state index >= 15 is 0 Å². The van der Waals surface area contributed by atoms with Gasteiger partial charge in [-0.1, -0.05) is 59.8 Å². The number of halogens is 1. The average molecular weight is 548 g/mol. The number of nitrogens with zero attached hydrogens (tertiary/aromatic N) is 2. The van der Waals surface area contributed by atoms with E-state index in [1.807, 2.05) is 0 Å². The van der Waals surface area contributed by atoms with Gasteiger partial charge in [-0.15, -0.1) is 0 Å². The summed E-state index contributed by atoms with van der Waals surface area (Å²) in [6, 6.07) is 13.0. The maximum Gasteiger partial charge on any atom is 0.267 e. The first-order valence-corrected chi connectivity index (χ1v) is 14.0. The Labute approximate surface area is 216 Å². The Hall–Kier alpha value is -2.73. The lowest BCUT2D eigenvalue weighted by atomic mass is 10.1. The number of anilines is 2. The molecule has 5 rings (SSSR count). The van der Waals surface area contributed by atoms with Crippen molar-refractivity contribution in [3.63, 3.8) is 0 Å². The fourth-order valence-electron chi connectivity index (χ4n) is 4.39. The monoisotopic (exact) mass is 547 g/mol. The molecule has 35 heavy (non-hydrogen) atoms. The number of benzene rings is 2. The zero-order chi connectivity index (χ0) is 24.9. The van der Waals surface area contributed by atoms with Crippen LogP contribution in [0.4, 0.5) is 11.4 Å². The average Bonchev–Trinajstić information content (AvgIpc) is 3.39. The van der Waals surface area contributed by atoms with Gasteiger partial charge < -0.3 is 5.32 Å². The fraction of sp³-hybridized carbons (Fsp3) is 0.217. The smallest absolute Gasteiger partial charge is 0.267 e. The lowest BCUT2D eigenvalue weighted by molar-refractivity contribution is -0.123. The van der Waals surface area contributed by atoms with E-state index in [1.54, 1.807) is 48.5 Å². The Bertz CT molecular complexity index is 1440. The first kappa shape index (κ1) is 24.0. The summed E-state index contributed by atoms with van der Waals surface area (Å²) >= 11 is 12.4. The number of thioether (sulfide) groups is 1. The largest absolute Gasteiger partial charge is 0.324 e. The second-order valence-electron chi connectivity index (χ2n) is 8.27. The number of thiocarbonyl (C=S) groups is 1. The minimum absolute atomic E-state index is 0.00207. The lowest BCUT2D eigenvalue weighted by Crippen LogP contribution is -2.39. The number of carbonyl (C=O) groups excluding carboxylic acids is 3. The minimum atomic E-state index is -3.23. The summed E-state index contributed by atoms with van der Waals surface area (Å²) in [5.74, 6) is -1.56. The number of hydrogen-bond acceptors (Lipinski definition) is 7. The Kier molecular flexibility index (Phi) is 6.20. The highest BCUT2D eigenvalue weighted by atomic mass is 35.5. The van der Waals surface area contributed by atoms with Crippen molar-refractivity contribution in [3.05, 3.63) is 64.0 Å². The van der Waals surface area contributed by atoms with E-state index in [0.29, 0.717) is 28.4 Å². The molecule has 0 aromatic heterocycles. The van der Waals surface area contributed by atoms with Crippen LogP contribution in [-0.4, -0.2) is 59.5 Å². The molecule has 0 spiro atoms. The molecule has 3 amide bonds. The van der Waals surface area contributed by atoms with Gasteiger partial charge in [0.2, 0.25) is 5.91 Å². The van der Waals surface area contributed by atoms with Crippen LogP contribution in [0.15, 0.2) is 53.4 Å². The molecule has 0 bridgehead atoms. The molecule has 1 atom stereocenters. The molecule has 2 fully saturated rings. The van der Waals surface area contributed by atoms with Crippen LogP contribution in [0.25, 0.3) is 5.57 Å². The second kappa shape index (κ2) is 9.05. The number of carbonyl (C=O) groups is 3. The summed E-state index contributed by atoms with van der Waals surface area (Å²) in [7, 11) is -3.23. The Morgan fingerprint density at radius 1 is 1.14 bits per heavy atom. The summed E-state index contributed by atoms with van der Waals surface area (Å²) in [5.41, 5.74) is 1.68. The number of sulfone groups is 1. The van der Waals surface area contributed by atoms with Crippen molar-refractivity contribution in [2.24, 2.45) is 0 Å². The van der Waals surface area contributed by atoms with E-state index in [-0.39, 0.29) is 32.8 Å². The van der Waals surface area contributed by atoms with Gasteiger partial charge in [-0.25, -0.2) is 8.42 Å². The van der Waals surface area contributed by atoms with E-state index < -0.39 is 33.6 Å². The van der Waals surface area contributed by atoms with Gasteiger partial charge in [0, 0.05) is 16.3 Å². The molecule has 0 unspecified atom stereocenters. The summed E-state index contributed by atoms with van der Waals surface area (Å²) < 4.78 is 24.1. The van der Waals surface area contributed by atoms with E-state index in [1.165, 1.54) is 9.80 Å². The molecule has 0 aliphatic carbocycles. The Morgan fingerprint density at radius 3 is 2.63 bits per heavy atom. The first-order chi connectivity index (χ1) is 16.6. The lowest BCUT2D eigenvalue weighted by Gasteiger charge is -2.21. The Balaban J connectivity index is 1.45. The van der Waals surface area contributed by atoms with Crippen LogP contribution in [0.2, 0.25) is 5.02 Å². The van der Waals surface area contributed by atoms with E-state index in [2.05, 4.69) is 5.32 Å². The highest BCUT2D eigenvalue weighted by Crippen LogP contribution is 2.45. The molecular formula is C23H18ClN3O5S3. The van der Waals surface area contributed by atoms with Crippen molar-refractivity contribution in [2.75, 3.05) is 28.3 Å². The number of rotatable bonds is 4. The molecule has 2 aromatic rings. The van der Waals surface area contributed by atoms with E-state index in [4.69, 9.17) is 23.8 Å². The van der Waals surface area contributed by atoms with Crippen molar-refractivity contribution in [3.8, 4) is 0 Å². The fourth-order valence-corrected chi connectivity index (χ4v) is 7.75. The van der Waals surface area contributed by atoms with Crippen molar-refractivity contribution in [2.45, 2.75) is 12.5 Å². The SMILES string of the molecule is O=C(CN1C(=O)/C(=C2/SC(=S)N([C@H]3CCS(=O)(=O)C3)C2=O)c2ccccc21)Nc1cccc(Cl)c1. The third-order valence-electron chi connectivity index (χ3n) is 5.93. The molecule has 0 radical (unpaired) electrons. The van der Waals surface area contributed by atoms with Gasteiger partial charge in [0.1, 0.15) is 10.9 Å². The van der Waals surface area contributed by atoms with Crippen molar-refractivity contribution < 1.29 is 22.8 Å². The number of hydrogen-bond donors (Lipinski definition) is 1. The topological polar surface area (TPSA) is 104 Å². The molecule has 2 saturated heterocycles. The first-order valence-electron chi connectivity index (χ1n) is 10.6. The summed E-state index contributed by atoms with van der Waals surface area (Å²) in [6.07, 6.45) is 0.303. The zero-order valence-corrected chi connectivity index (χ0v) is 21.3.